The quantitative estimate of drug-likeness (QED) is 0.296. The van der Waals surface area contributed by atoms with Gasteiger partial charge in [0.05, 0.1) is 22.2 Å². The van der Waals surface area contributed by atoms with Crippen LogP contribution in [-0.2, 0) is 7.05 Å². The third-order valence-electron chi connectivity index (χ3n) is 3.44. The van der Waals surface area contributed by atoms with E-state index in [-0.39, 0.29) is 16.5 Å². The minimum Gasteiger partial charge on any atom is -0.456 e. The van der Waals surface area contributed by atoms with Gasteiger partial charge in [0.1, 0.15) is 11.5 Å². The van der Waals surface area contributed by atoms with Gasteiger partial charge in [0.25, 0.3) is 5.69 Å². The number of nitro benzene ring substituents is 1. The van der Waals surface area contributed by atoms with Crippen molar-refractivity contribution in [2.24, 2.45) is 7.05 Å². The third-order valence-corrected chi connectivity index (χ3v) is 3.67. The fraction of sp³-hybridized carbons (Fsp3) is 0.0588. The van der Waals surface area contributed by atoms with Gasteiger partial charge in [-0.3, -0.25) is 19.6 Å². The molecule has 3 rings (SSSR count). The van der Waals surface area contributed by atoms with Gasteiger partial charge in [-0.15, -0.1) is 0 Å². The molecule has 0 atom stereocenters. The largest absolute Gasteiger partial charge is 0.456 e. The SMILES string of the molecule is Cn1cc(C(=O)/C=C/c2ccc(-c3ccc(Cl)cc3[N+](=O)[O-])o2)cn1. The highest BCUT2D eigenvalue weighted by atomic mass is 35.5. The molecule has 126 valence electrons. The molecule has 0 bridgehead atoms. The second-order valence-corrected chi connectivity index (χ2v) is 5.66. The second kappa shape index (κ2) is 6.74. The first kappa shape index (κ1) is 16.7. The van der Waals surface area contributed by atoms with Gasteiger partial charge in [-0.25, -0.2) is 0 Å². The number of ketones is 1. The molecule has 0 aliphatic rings. The molecule has 0 aliphatic carbocycles. The van der Waals surface area contributed by atoms with Gasteiger partial charge in [0.2, 0.25) is 0 Å². The number of aryl methyl sites for hydroxylation is 1. The fourth-order valence-electron chi connectivity index (χ4n) is 2.25. The van der Waals surface area contributed by atoms with Crippen LogP contribution in [0, 0.1) is 10.1 Å². The van der Waals surface area contributed by atoms with Crippen molar-refractivity contribution in [1.29, 1.82) is 0 Å². The molecule has 0 amide bonds. The summed E-state index contributed by atoms with van der Waals surface area (Å²) in [5, 5.41) is 15.4. The van der Waals surface area contributed by atoms with Crippen LogP contribution in [0.2, 0.25) is 5.02 Å². The summed E-state index contributed by atoms with van der Waals surface area (Å²) in [6.45, 7) is 0. The van der Waals surface area contributed by atoms with Gasteiger partial charge in [0.15, 0.2) is 5.78 Å². The van der Waals surface area contributed by atoms with Gasteiger partial charge < -0.3 is 4.42 Å². The maximum atomic E-state index is 12.0. The summed E-state index contributed by atoms with van der Waals surface area (Å²) in [6, 6.07) is 7.56. The first-order chi connectivity index (χ1) is 11.9. The summed E-state index contributed by atoms with van der Waals surface area (Å²) in [5.74, 6) is 0.497. The molecule has 25 heavy (non-hydrogen) atoms. The van der Waals surface area contributed by atoms with Crippen molar-refractivity contribution < 1.29 is 14.1 Å². The van der Waals surface area contributed by atoms with Crippen molar-refractivity contribution in [3.8, 4) is 11.3 Å². The minimum atomic E-state index is -0.523. The van der Waals surface area contributed by atoms with E-state index in [1.54, 1.807) is 31.4 Å². The van der Waals surface area contributed by atoms with E-state index >= 15 is 0 Å². The normalized spacial score (nSPS) is 11.1. The number of benzene rings is 1. The van der Waals surface area contributed by atoms with Crippen molar-refractivity contribution in [3.05, 3.63) is 75.3 Å². The molecule has 0 N–H and O–H groups in total. The highest BCUT2D eigenvalue weighted by molar-refractivity contribution is 6.30. The summed E-state index contributed by atoms with van der Waals surface area (Å²) in [4.78, 5) is 22.6. The summed E-state index contributed by atoms with van der Waals surface area (Å²) in [7, 11) is 1.72. The predicted octanol–water partition coefficient (Wildman–Crippen LogP) is 4.14. The van der Waals surface area contributed by atoms with Gasteiger partial charge in [-0.05, 0) is 36.4 Å². The number of hydrogen-bond acceptors (Lipinski definition) is 5. The standard InChI is InChI=1S/C17H12ClN3O4/c1-20-10-11(9-19-20)16(22)6-3-13-4-7-17(25-13)14-5-2-12(18)8-15(14)21(23)24/h2-10H,1H3/b6-3+. The van der Waals surface area contributed by atoms with Crippen LogP contribution in [0.4, 0.5) is 5.69 Å². The highest BCUT2D eigenvalue weighted by Gasteiger charge is 2.18. The van der Waals surface area contributed by atoms with Crippen molar-refractivity contribution in [1.82, 2.24) is 9.78 Å². The Labute approximate surface area is 147 Å². The third kappa shape index (κ3) is 3.67. The van der Waals surface area contributed by atoms with Crippen LogP contribution in [0.1, 0.15) is 16.1 Å². The number of aromatic nitrogens is 2. The van der Waals surface area contributed by atoms with Crippen molar-refractivity contribution in [2.75, 3.05) is 0 Å². The number of furan rings is 1. The number of halogens is 1. The maximum Gasteiger partial charge on any atom is 0.281 e. The number of allylic oxidation sites excluding steroid dienone is 1. The zero-order valence-electron chi connectivity index (χ0n) is 13.0. The summed E-state index contributed by atoms with van der Waals surface area (Å²) < 4.78 is 7.12. The lowest BCUT2D eigenvalue weighted by Gasteiger charge is -2.00. The summed E-state index contributed by atoms with van der Waals surface area (Å²) in [6.07, 6.45) is 5.94. The molecular weight excluding hydrogens is 346 g/mol. The van der Waals surface area contributed by atoms with Crippen molar-refractivity contribution >= 4 is 29.1 Å². The molecule has 8 heteroatoms. The van der Waals surface area contributed by atoms with E-state index in [0.717, 1.165) is 0 Å². The monoisotopic (exact) mass is 357 g/mol. The van der Waals surface area contributed by atoms with E-state index in [2.05, 4.69) is 5.10 Å². The van der Waals surface area contributed by atoms with Crippen LogP contribution in [-0.4, -0.2) is 20.5 Å². The van der Waals surface area contributed by atoms with Gasteiger partial charge in [-0.1, -0.05) is 11.6 Å². The van der Waals surface area contributed by atoms with E-state index in [4.69, 9.17) is 16.0 Å². The Morgan fingerprint density at radius 1 is 1.36 bits per heavy atom. The molecule has 0 unspecified atom stereocenters. The number of nitro groups is 1. The lowest BCUT2D eigenvalue weighted by molar-refractivity contribution is -0.384. The average Bonchev–Trinajstić information content (AvgIpc) is 3.21. The Bertz CT molecular complexity index is 987. The van der Waals surface area contributed by atoms with E-state index in [0.29, 0.717) is 22.6 Å². The molecule has 3 aromatic rings. The number of carbonyl (C=O) groups is 1. The molecule has 0 aliphatic heterocycles. The van der Waals surface area contributed by atoms with Gasteiger partial charge in [-0.2, -0.15) is 5.10 Å². The lowest BCUT2D eigenvalue weighted by atomic mass is 10.1. The van der Waals surface area contributed by atoms with Crippen molar-refractivity contribution in [2.45, 2.75) is 0 Å². The fourth-order valence-corrected chi connectivity index (χ4v) is 2.42. The molecule has 7 nitrogen and oxygen atoms in total. The predicted molar refractivity (Wildman–Crippen MR) is 92.4 cm³/mol. The molecule has 0 saturated heterocycles. The zero-order valence-corrected chi connectivity index (χ0v) is 13.8. The van der Waals surface area contributed by atoms with Crippen LogP contribution >= 0.6 is 11.6 Å². The number of nitrogens with zero attached hydrogens (tertiary/aromatic N) is 3. The molecule has 0 fully saturated rings. The smallest absolute Gasteiger partial charge is 0.281 e. The lowest BCUT2D eigenvalue weighted by Crippen LogP contribution is -1.91. The zero-order chi connectivity index (χ0) is 18.0. The van der Waals surface area contributed by atoms with Crippen LogP contribution in [0.25, 0.3) is 17.4 Å². The Morgan fingerprint density at radius 3 is 2.84 bits per heavy atom. The van der Waals surface area contributed by atoms with Crippen LogP contribution in [0.5, 0.6) is 0 Å². The maximum absolute atomic E-state index is 12.0. The Morgan fingerprint density at radius 2 is 2.16 bits per heavy atom. The first-order valence-electron chi connectivity index (χ1n) is 7.19. The highest BCUT2D eigenvalue weighted by Crippen LogP contribution is 2.33. The molecule has 2 aromatic heterocycles. The van der Waals surface area contributed by atoms with Crippen LogP contribution in [0.3, 0.4) is 0 Å². The number of rotatable bonds is 5. The number of carbonyl (C=O) groups excluding carboxylic acids is 1. The molecule has 0 saturated carbocycles. The average molecular weight is 358 g/mol. The topological polar surface area (TPSA) is 91.2 Å². The first-order valence-corrected chi connectivity index (χ1v) is 7.57. The Hall–Kier alpha value is -3.19. The van der Waals surface area contributed by atoms with Gasteiger partial charge in [0, 0.05) is 24.3 Å². The van der Waals surface area contributed by atoms with Crippen molar-refractivity contribution in [3.63, 3.8) is 0 Å². The molecule has 0 radical (unpaired) electrons. The minimum absolute atomic E-state index is 0.149. The van der Waals surface area contributed by atoms with Crippen LogP contribution in [0.15, 0.2) is 53.2 Å². The summed E-state index contributed by atoms with van der Waals surface area (Å²) >= 11 is 5.81. The summed E-state index contributed by atoms with van der Waals surface area (Å²) in [5.41, 5.74) is 0.621. The molecule has 1 aromatic carbocycles. The second-order valence-electron chi connectivity index (χ2n) is 5.22. The number of hydrogen-bond donors (Lipinski definition) is 0. The Kier molecular flexibility index (Phi) is 4.49. The van der Waals surface area contributed by atoms with Gasteiger partial charge >= 0.3 is 0 Å². The van der Waals surface area contributed by atoms with E-state index in [1.165, 1.54) is 35.2 Å². The molecule has 2 heterocycles. The molecule has 0 spiro atoms. The molecular formula is C17H12ClN3O4. The Balaban J connectivity index is 1.85. The van der Waals surface area contributed by atoms with E-state index in [9.17, 15) is 14.9 Å². The van der Waals surface area contributed by atoms with E-state index in [1.807, 2.05) is 0 Å². The van der Waals surface area contributed by atoms with E-state index < -0.39 is 4.92 Å². The van der Waals surface area contributed by atoms with Crippen LogP contribution < -0.4 is 0 Å².